The maximum Gasteiger partial charge on any atom is 0.243 e. The summed E-state index contributed by atoms with van der Waals surface area (Å²) in [4.78, 5) is 25.6. The summed E-state index contributed by atoms with van der Waals surface area (Å²) in [5.74, 6) is 0.501. The zero-order chi connectivity index (χ0) is 19.2. The van der Waals surface area contributed by atoms with Crippen molar-refractivity contribution in [1.29, 1.82) is 0 Å². The Bertz CT molecular complexity index is 674. The standard InChI is InChI=1S/C20H28N2O5/c1-25-19(26-2)5-3-4-10-27-16-7-6-14-12-22(13-15(14)11-16)17-8-9-18(23)21-20(17)24/h6-7,11,17,19H,3-5,8-10,12-13H2,1-2H3,(H,21,23,24). The summed E-state index contributed by atoms with van der Waals surface area (Å²) in [5.41, 5.74) is 2.41. The van der Waals surface area contributed by atoms with Crippen LogP contribution in [-0.4, -0.2) is 49.9 Å². The number of piperidine rings is 1. The number of amides is 2. The predicted molar refractivity (Wildman–Crippen MR) is 99.0 cm³/mol. The molecule has 0 radical (unpaired) electrons. The number of rotatable bonds is 9. The van der Waals surface area contributed by atoms with Crippen LogP contribution in [0.1, 0.15) is 43.2 Å². The van der Waals surface area contributed by atoms with Gasteiger partial charge >= 0.3 is 0 Å². The summed E-state index contributed by atoms with van der Waals surface area (Å²) in [7, 11) is 3.29. The molecule has 1 aromatic carbocycles. The molecule has 148 valence electrons. The molecule has 2 aliphatic rings. The Hall–Kier alpha value is -1.96. The van der Waals surface area contributed by atoms with Crippen molar-refractivity contribution in [3.05, 3.63) is 29.3 Å². The van der Waals surface area contributed by atoms with E-state index in [1.165, 1.54) is 11.1 Å². The number of nitrogens with one attached hydrogen (secondary N) is 1. The van der Waals surface area contributed by atoms with E-state index in [4.69, 9.17) is 14.2 Å². The average Bonchev–Trinajstić information content (AvgIpc) is 3.07. The fraction of sp³-hybridized carbons (Fsp3) is 0.600. The zero-order valence-electron chi connectivity index (χ0n) is 16.0. The molecule has 0 saturated carbocycles. The molecule has 0 aliphatic carbocycles. The van der Waals surface area contributed by atoms with Crippen molar-refractivity contribution in [2.45, 2.75) is 57.5 Å². The first-order valence-electron chi connectivity index (χ1n) is 9.48. The molecule has 1 saturated heterocycles. The molecule has 3 rings (SSSR count). The Balaban J connectivity index is 1.47. The molecule has 2 aliphatic heterocycles. The van der Waals surface area contributed by atoms with Crippen molar-refractivity contribution in [1.82, 2.24) is 10.2 Å². The molecule has 7 nitrogen and oxygen atoms in total. The largest absolute Gasteiger partial charge is 0.494 e. The van der Waals surface area contributed by atoms with Crippen molar-refractivity contribution >= 4 is 11.8 Å². The molecule has 1 fully saturated rings. The van der Waals surface area contributed by atoms with E-state index in [0.717, 1.165) is 31.6 Å². The van der Waals surface area contributed by atoms with Crippen LogP contribution in [0.5, 0.6) is 5.75 Å². The number of unbranched alkanes of at least 4 members (excludes halogenated alkanes) is 1. The molecule has 2 heterocycles. The smallest absolute Gasteiger partial charge is 0.243 e. The van der Waals surface area contributed by atoms with Crippen molar-refractivity contribution in [3.63, 3.8) is 0 Å². The lowest BCUT2D eigenvalue weighted by molar-refractivity contribution is -0.137. The number of nitrogens with zero attached hydrogens (tertiary/aromatic N) is 1. The predicted octanol–water partition coefficient (Wildman–Crippen LogP) is 1.98. The highest BCUT2D eigenvalue weighted by Crippen LogP contribution is 2.30. The topological polar surface area (TPSA) is 77.1 Å². The highest BCUT2D eigenvalue weighted by atomic mass is 16.7. The van der Waals surface area contributed by atoms with Gasteiger partial charge < -0.3 is 14.2 Å². The van der Waals surface area contributed by atoms with Crippen LogP contribution in [-0.2, 0) is 32.2 Å². The van der Waals surface area contributed by atoms with Crippen LogP contribution >= 0.6 is 0 Å². The second-order valence-electron chi connectivity index (χ2n) is 7.05. The van der Waals surface area contributed by atoms with Crippen LogP contribution in [0.4, 0.5) is 0 Å². The summed E-state index contributed by atoms with van der Waals surface area (Å²) in [6.45, 7) is 2.09. The summed E-state index contributed by atoms with van der Waals surface area (Å²) >= 11 is 0. The normalized spacial score (nSPS) is 20.0. The maximum atomic E-state index is 12.1. The third kappa shape index (κ3) is 5.06. The number of carbonyl (C=O) groups excluding carboxylic acids is 2. The molecular formula is C20H28N2O5. The van der Waals surface area contributed by atoms with Gasteiger partial charge in [-0.15, -0.1) is 0 Å². The number of methoxy groups -OCH3 is 2. The Morgan fingerprint density at radius 2 is 1.93 bits per heavy atom. The summed E-state index contributed by atoms with van der Waals surface area (Å²) < 4.78 is 16.2. The van der Waals surface area contributed by atoms with E-state index < -0.39 is 0 Å². The van der Waals surface area contributed by atoms with Gasteiger partial charge in [0.25, 0.3) is 0 Å². The number of ether oxygens (including phenoxy) is 3. The third-order valence-electron chi connectivity index (χ3n) is 5.20. The van der Waals surface area contributed by atoms with Crippen LogP contribution in [0.25, 0.3) is 0 Å². The molecule has 0 bridgehead atoms. The fourth-order valence-electron chi connectivity index (χ4n) is 3.67. The van der Waals surface area contributed by atoms with E-state index in [1.54, 1.807) is 14.2 Å². The molecular weight excluding hydrogens is 348 g/mol. The maximum absolute atomic E-state index is 12.1. The molecule has 2 amide bonds. The SMILES string of the molecule is COC(CCCCOc1ccc2c(c1)CN(C1CCC(=O)NC1=O)C2)OC. The van der Waals surface area contributed by atoms with Gasteiger partial charge in [-0.1, -0.05) is 6.07 Å². The average molecular weight is 376 g/mol. The van der Waals surface area contributed by atoms with E-state index in [0.29, 0.717) is 26.0 Å². The van der Waals surface area contributed by atoms with E-state index in [2.05, 4.69) is 22.3 Å². The molecule has 27 heavy (non-hydrogen) atoms. The number of carbonyl (C=O) groups is 2. The van der Waals surface area contributed by atoms with E-state index in [9.17, 15) is 9.59 Å². The minimum Gasteiger partial charge on any atom is -0.494 e. The molecule has 0 aromatic heterocycles. The van der Waals surface area contributed by atoms with Crippen LogP contribution < -0.4 is 10.1 Å². The van der Waals surface area contributed by atoms with Crippen molar-refractivity contribution in [2.24, 2.45) is 0 Å². The molecule has 1 aromatic rings. The summed E-state index contributed by atoms with van der Waals surface area (Å²) in [5, 5.41) is 2.44. The molecule has 1 atom stereocenters. The van der Waals surface area contributed by atoms with Gasteiger partial charge in [0.1, 0.15) is 5.75 Å². The van der Waals surface area contributed by atoms with Crippen LogP contribution in [0.3, 0.4) is 0 Å². The fourth-order valence-corrected chi connectivity index (χ4v) is 3.67. The van der Waals surface area contributed by atoms with Gasteiger partial charge in [-0.25, -0.2) is 0 Å². The third-order valence-corrected chi connectivity index (χ3v) is 5.20. The second-order valence-corrected chi connectivity index (χ2v) is 7.05. The first-order valence-corrected chi connectivity index (χ1v) is 9.48. The lowest BCUT2D eigenvalue weighted by Gasteiger charge is -2.29. The van der Waals surface area contributed by atoms with Crippen LogP contribution in [0.2, 0.25) is 0 Å². The molecule has 7 heteroatoms. The number of benzene rings is 1. The number of imide groups is 1. The Labute approximate surface area is 160 Å². The Morgan fingerprint density at radius 3 is 2.67 bits per heavy atom. The quantitative estimate of drug-likeness (QED) is 0.403. The monoisotopic (exact) mass is 376 g/mol. The number of hydrogen-bond acceptors (Lipinski definition) is 6. The summed E-state index contributed by atoms with van der Waals surface area (Å²) in [6, 6.07) is 5.89. The van der Waals surface area contributed by atoms with Crippen LogP contribution in [0, 0.1) is 0 Å². The summed E-state index contributed by atoms with van der Waals surface area (Å²) in [6.07, 6.45) is 3.60. The Morgan fingerprint density at radius 1 is 1.15 bits per heavy atom. The van der Waals surface area contributed by atoms with Crippen molar-refractivity contribution in [3.8, 4) is 5.75 Å². The first kappa shape index (κ1) is 19.8. The van der Waals surface area contributed by atoms with Gasteiger partial charge in [0.15, 0.2) is 6.29 Å². The highest BCUT2D eigenvalue weighted by molar-refractivity contribution is 6.00. The van der Waals surface area contributed by atoms with E-state index in [1.807, 2.05) is 6.07 Å². The zero-order valence-corrected chi connectivity index (χ0v) is 16.0. The Kier molecular flexibility index (Phi) is 6.82. The van der Waals surface area contributed by atoms with Gasteiger partial charge in [-0.05, 0) is 48.9 Å². The van der Waals surface area contributed by atoms with E-state index >= 15 is 0 Å². The molecule has 0 spiro atoms. The molecule has 1 N–H and O–H groups in total. The highest BCUT2D eigenvalue weighted by Gasteiger charge is 2.34. The minimum absolute atomic E-state index is 0.150. The lowest BCUT2D eigenvalue weighted by atomic mass is 10.0. The lowest BCUT2D eigenvalue weighted by Crippen LogP contribution is -2.50. The van der Waals surface area contributed by atoms with Gasteiger partial charge in [-0.3, -0.25) is 19.8 Å². The number of fused-ring (bicyclic) bond motifs is 1. The first-order chi connectivity index (χ1) is 13.1. The van der Waals surface area contributed by atoms with Crippen LogP contribution in [0.15, 0.2) is 18.2 Å². The second kappa shape index (κ2) is 9.30. The number of hydrogen-bond donors (Lipinski definition) is 1. The van der Waals surface area contributed by atoms with Gasteiger partial charge in [0, 0.05) is 33.7 Å². The van der Waals surface area contributed by atoms with E-state index in [-0.39, 0.29) is 24.1 Å². The van der Waals surface area contributed by atoms with Gasteiger partial charge in [0.2, 0.25) is 11.8 Å². The van der Waals surface area contributed by atoms with Crippen molar-refractivity contribution < 1.29 is 23.8 Å². The minimum atomic E-state index is -0.228. The van der Waals surface area contributed by atoms with Gasteiger partial charge in [-0.2, -0.15) is 0 Å². The molecule has 1 unspecified atom stereocenters. The van der Waals surface area contributed by atoms with Crippen molar-refractivity contribution in [2.75, 3.05) is 20.8 Å². The van der Waals surface area contributed by atoms with Gasteiger partial charge in [0.05, 0.1) is 12.6 Å².